The van der Waals surface area contributed by atoms with E-state index in [1.54, 1.807) is 17.2 Å². The summed E-state index contributed by atoms with van der Waals surface area (Å²) >= 11 is 0. The minimum Gasteiger partial charge on any atom is -0.493 e. The normalized spacial score (nSPS) is 17.9. The zero-order valence-electron chi connectivity index (χ0n) is 31.1. The topological polar surface area (TPSA) is 118 Å². The molecule has 1 aromatic heterocycles. The van der Waals surface area contributed by atoms with E-state index in [2.05, 4.69) is 15.1 Å². The number of anilines is 2. The molecule has 288 valence electrons. The predicted molar refractivity (Wildman–Crippen MR) is 201 cm³/mol. The molecule has 1 saturated heterocycles. The highest BCUT2D eigenvalue weighted by molar-refractivity contribution is 5.95. The summed E-state index contributed by atoms with van der Waals surface area (Å²) in [7, 11) is 0. The number of halogens is 3. The number of benzene rings is 3. The molecule has 3 N–H and O–H groups in total. The first-order chi connectivity index (χ1) is 25.7. The molecule has 0 radical (unpaired) electrons. The number of piperazine rings is 1. The molecule has 2 atom stereocenters. The largest absolute Gasteiger partial charge is 0.493 e. The second-order valence-corrected chi connectivity index (χ2v) is 14.7. The van der Waals surface area contributed by atoms with Gasteiger partial charge in [-0.15, -0.1) is 0 Å². The molecule has 2 aliphatic heterocycles. The van der Waals surface area contributed by atoms with Crippen LogP contribution in [-0.4, -0.2) is 95.6 Å². The molecule has 6 rings (SSSR count). The van der Waals surface area contributed by atoms with Crippen LogP contribution in [0.2, 0.25) is 0 Å². The van der Waals surface area contributed by atoms with E-state index in [-0.39, 0.29) is 17.6 Å². The van der Waals surface area contributed by atoms with Gasteiger partial charge in [0.1, 0.15) is 17.2 Å². The van der Waals surface area contributed by atoms with Crippen LogP contribution in [0.5, 0.6) is 5.75 Å². The number of hydrogen-bond donors (Lipinski definition) is 2. The lowest BCUT2D eigenvalue weighted by Crippen LogP contribution is -2.51. The van der Waals surface area contributed by atoms with Crippen LogP contribution < -0.4 is 20.7 Å². The quantitative estimate of drug-likeness (QED) is 0.138. The number of hydrogen-bond acceptors (Lipinski definition) is 8. The molecule has 0 aliphatic carbocycles. The van der Waals surface area contributed by atoms with Crippen molar-refractivity contribution in [2.45, 2.75) is 57.9 Å². The number of nitrogens with zero attached hydrogens (tertiary/aromatic N) is 5. The number of carbonyl (C=O) groups is 2. The summed E-state index contributed by atoms with van der Waals surface area (Å²) in [5.74, 6) is 0.557. The molecule has 1 fully saturated rings. The third-order valence-electron chi connectivity index (χ3n) is 9.62. The van der Waals surface area contributed by atoms with Crippen LogP contribution in [0, 0.1) is 0 Å². The summed E-state index contributed by atoms with van der Waals surface area (Å²) in [4.78, 5) is 32.1. The summed E-state index contributed by atoms with van der Waals surface area (Å²) in [6, 6.07) is 19.1. The Morgan fingerprint density at radius 2 is 1.70 bits per heavy atom. The first-order valence-corrected chi connectivity index (χ1v) is 18.3. The van der Waals surface area contributed by atoms with Crippen LogP contribution in [0.1, 0.15) is 67.1 Å². The highest BCUT2D eigenvalue weighted by Crippen LogP contribution is 2.41. The van der Waals surface area contributed by atoms with E-state index in [4.69, 9.17) is 20.3 Å². The fourth-order valence-electron chi connectivity index (χ4n) is 7.05. The number of rotatable bonds is 10. The van der Waals surface area contributed by atoms with Gasteiger partial charge in [0.05, 0.1) is 30.1 Å². The van der Waals surface area contributed by atoms with Crippen LogP contribution in [0.4, 0.5) is 29.5 Å². The maximum atomic E-state index is 13.5. The van der Waals surface area contributed by atoms with Gasteiger partial charge in [-0.3, -0.25) is 9.69 Å². The Hall–Kier alpha value is -5.24. The Morgan fingerprint density at radius 1 is 0.963 bits per heavy atom. The molecule has 54 heavy (non-hydrogen) atoms. The first kappa shape index (κ1) is 38.5. The Morgan fingerprint density at radius 3 is 2.41 bits per heavy atom. The third-order valence-corrected chi connectivity index (χ3v) is 9.62. The number of alkyl halides is 3. The van der Waals surface area contributed by atoms with Crippen LogP contribution in [0.3, 0.4) is 0 Å². The van der Waals surface area contributed by atoms with Crippen molar-refractivity contribution < 1.29 is 32.2 Å². The van der Waals surface area contributed by atoms with Gasteiger partial charge in [-0.05, 0) is 82.1 Å². The summed E-state index contributed by atoms with van der Waals surface area (Å²) in [5.41, 5.74) is 7.79. The smallest absolute Gasteiger partial charge is 0.416 e. The monoisotopic (exact) mass is 747 g/mol. The SMILES string of the molecule is CCN1C[C@@H](NC(=O)c2cccc(C(F)(F)F)c2)[C@H](c2cccc(N)c2)c2cnn(-c3cccc(OCCCN4CCN(C(=O)OC(C)(C)C)CC4)c3)c21. The van der Waals surface area contributed by atoms with Crippen LogP contribution in [0.15, 0.2) is 79.0 Å². The number of nitrogen functional groups attached to an aromatic ring is 1. The number of aromatic nitrogens is 2. The van der Waals surface area contributed by atoms with E-state index in [0.29, 0.717) is 44.2 Å². The van der Waals surface area contributed by atoms with E-state index in [1.165, 1.54) is 12.1 Å². The van der Waals surface area contributed by atoms with Crippen molar-refractivity contribution in [3.63, 3.8) is 0 Å². The molecule has 3 heterocycles. The lowest BCUT2D eigenvalue weighted by atomic mass is 9.82. The molecule has 14 heteroatoms. The maximum Gasteiger partial charge on any atom is 0.416 e. The average Bonchev–Trinajstić information content (AvgIpc) is 3.57. The first-order valence-electron chi connectivity index (χ1n) is 18.3. The fraction of sp³-hybridized carbons (Fsp3) is 0.425. The number of fused-ring (bicyclic) bond motifs is 1. The summed E-state index contributed by atoms with van der Waals surface area (Å²) in [5, 5.41) is 7.86. The molecule has 0 bridgehead atoms. The van der Waals surface area contributed by atoms with Crippen molar-refractivity contribution in [2.75, 3.05) is 63.1 Å². The van der Waals surface area contributed by atoms with Crippen LogP contribution >= 0.6 is 0 Å². The summed E-state index contributed by atoms with van der Waals surface area (Å²) in [6.45, 7) is 12.7. The zero-order valence-corrected chi connectivity index (χ0v) is 31.1. The Bertz CT molecular complexity index is 1930. The van der Waals surface area contributed by atoms with Crippen molar-refractivity contribution in [2.24, 2.45) is 0 Å². The van der Waals surface area contributed by atoms with E-state index < -0.39 is 29.3 Å². The molecular weight excluding hydrogens is 699 g/mol. The van der Waals surface area contributed by atoms with Gasteiger partial charge in [-0.1, -0.05) is 24.3 Å². The van der Waals surface area contributed by atoms with Crippen LogP contribution in [-0.2, 0) is 10.9 Å². The lowest BCUT2D eigenvalue weighted by molar-refractivity contribution is -0.137. The number of nitrogens with one attached hydrogen (secondary N) is 1. The number of ether oxygens (including phenoxy) is 2. The summed E-state index contributed by atoms with van der Waals surface area (Å²) in [6.07, 6.45) is -2.25. The third kappa shape index (κ3) is 9.09. The molecule has 3 aromatic carbocycles. The van der Waals surface area contributed by atoms with Crippen molar-refractivity contribution >= 4 is 23.5 Å². The van der Waals surface area contributed by atoms with Crippen molar-refractivity contribution in [3.8, 4) is 11.4 Å². The Balaban J connectivity index is 1.16. The number of carbonyl (C=O) groups excluding carboxylic acids is 2. The molecular formula is C40H48F3N7O4. The Labute approximate surface area is 313 Å². The van der Waals surface area contributed by atoms with Crippen molar-refractivity contribution in [3.05, 3.63) is 101 Å². The lowest BCUT2D eigenvalue weighted by Gasteiger charge is -2.40. The van der Waals surface area contributed by atoms with E-state index in [0.717, 1.165) is 60.8 Å². The van der Waals surface area contributed by atoms with E-state index in [9.17, 15) is 22.8 Å². The molecule has 0 unspecified atom stereocenters. The highest BCUT2D eigenvalue weighted by Gasteiger charge is 2.39. The molecule has 11 nitrogen and oxygen atoms in total. The number of nitrogens with two attached hydrogens (primary N) is 1. The van der Waals surface area contributed by atoms with Crippen LogP contribution in [0.25, 0.3) is 5.69 Å². The number of amides is 2. The predicted octanol–water partition coefficient (Wildman–Crippen LogP) is 6.57. The molecule has 0 saturated carbocycles. The second-order valence-electron chi connectivity index (χ2n) is 14.7. The van der Waals surface area contributed by atoms with Gasteiger partial charge in [0.2, 0.25) is 0 Å². The molecule has 2 amide bonds. The maximum absolute atomic E-state index is 13.5. The molecule has 0 spiro atoms. The average molecular weight is 748 g/mol. The van der Waals surface area contributed by atoms with Gasteiger partial charge in [-0.25, -0.2) is 9.48 Å². The minimum atomic E-state index is -4.57. The summed E-state index contributed by atoms with van der Waals surface area (Å²) < 4.78 is 54.0. The molecule has 2 aliphatic rings. The standard InChI is InChI=1S/C40H48F3N7O4/c1-5-48-26-34(46-36(51)28-11-6-12-29(22-28)40(41,42)43)35(27-10-7-13-30(44)23-27)33-25-45-50(37(33)48)31-14-8-15-32(24-31)53-21-9-16-47-17-19-49(20-18-47)38(52)54-39(2,3)4/h6-8,10-15,22-25,34-35H,5,9,16-21,26,44H2,1-4H3,(H,46,51)/t34-,35-/m1/s1. The fourth-order valence-corrected chi connectivity index (χ4v) is 7.05. The number of likely N-dealkylation sites (N-methyl/N-ethyl adjacent to an activating group) is 1. The van der Waals surface area contributed by atoms with Gasteiger partial charge in [0, 0.05) is 74.6 Å². The van der Waals surface area contributed by atoms with Crippen molar-refractivity contribution in [1.29, 1.82) is 0 Å². The van der Waals surface area contributed by atoms with E-state index in [1.807, 2.05) is 74.8 Å². The van der Waals surface area contributed by atoms with Gasteiger partial charge in [0.15, 0.2) is 0 Å². The van der Waals surface area contributed by atoms with Gasteiger partial charge in [-0.2, -0.15) is 18.3 Å². The highest BCUT2D eigenvalue weighted by atomic mass is 19.4. The molecule has 4 aromatic rings. The van der Waals surface area contributed by atoms with Gasteiger partial charge >= 0.3 is 12.3 Å². The van der Waals surface area contributed by atoms with Crippen molar-refractivity contribution in [1.82, 2.24) is 24.9 Å². The Kier molecular flexibility index (Phi) is 11.4. The second kappa shape index (κ2) is 16.0. The van der Waals surface area contributed by atoms with E-state index >= 15 is 0 Å². The van der Waals surface area contributed by atoms with Gasteiger partial charge < -0.3 is 30.3 Å². The minimum absolute atomic E-state index is 0.0710. The van der Waals surface area contributed by atoms with Gasteiger partial charge in [0.25, 0.3) is 5.91 Å². The zero-order chi connectivity index (χ0) is 38.6.